The van der Waals surface area contributed by atoms with E-state index >= 15 is 0 Å². The van der Waals surface area contributed by atoms with Crippen LogP contribution in [0.2, 0.25) is 0 Å². The Bertz CT molecular complexity index is 814. The summed E-state index contributed by atoms with van der Waals surface area (Å²) in [4.78, 5) is 25.3. The molecule has 0 spiro atoms. The monoisotopic (exact) mass is 653 g/mol. The Kier molecular flexibility index (Phi) is 28.6. The first-order valence-corrected chi connectivity index (χ1v) is 19.7. The van der Waals surface area contributed by atoms with Gasteiger partial charge in [0.1, 0.15) is 12.5 Å². The average molecular weight is 654 g/mol. The van der Waals surface area contributed by atoms with Crippen LogP contribution in [-0.2, 0) is 31.1 Å². The van der Waals surface area contributed by atoms with Crippen molar-refractivity contribution < 1.29 is 23.1 Å². The van der Waals surface area contributed by atoms with Crippen molar-refractivity contribution in [1.82, 2.24) is 14.8 Å². The second-order valence-corrected chi connectivity index (χ2v) is 13.9. The van der Waals surface area contributed by atoms with Crippen LogP contribution in [-0.4, -0.2) is 59.3 Å². The van der Waals surface area contributed by atoms with Crippen molar-refractivity contribution >= 4 is 23.2 Å². The zero-order chi connectivity index (χ0) is 32.6. The predicted octanol–water partition coefficient (Wildman–Crippen LogP) is 8.71. The smallest absolute Gasteiger partial charge is 0.305 e. The van der Waals surface area contributed by atoms with E-state index in [0.717, 1.165) is 77.3 Å². The van der Waals surface area contributed by atoms with Gasteiger partial charge in [-0.05, 0) is 64.1 Å². The molecule has 1 heterocycles. The molecule has 0 saturated heterocycles. The van der Waals surface area contributed by atoms with Gasteiger partial charge >= 0.3 is 5.97 Å². The number of rotatable bonds is 34. The Morgan fingerprint density at radius 1 is 0.867 bits per heavy atom. The van der Waals surface area contributed by atoms with E-state index in [4.69, 9.17) is 9.26 Å². The molecule has 0 saturated carbocycles. The van der Waals surface area contributed by atoms with Gasteiger partial charge in [0.15, 0.2) is 0 Å². The van der Waals surface area contributed by atoms with Gasteiger partial charge in [0, 0.05) is 25.5 Å². The van der Waals surface area contributed by atoms with Gasteiger partial charge in [-0.15, -0.1) is 0 Å². The minimum Gasteiger partial charge on any atom is -0.466 e. The maximum Gasteiger partial charge on any atom is 0.305 e. The SMILES string of the molecule is CCCCCC(CCCCC)CCOC(=O)CCCCCCCN(CCCCCCCC=O)CCCNS(=O)Cc1ccon1. The molecular formula is C36H67N3O5S. The highest BCUT2D eigenvalue weighted by molar-refractivity contribution is 7.82. The van der Waals surface area contributed by atoms with E-state index in [0.29, 0.717) is 43.4 Å². The van der Waals surface area contributed by atoms with Gasteiger partial charge in [-0.25, -0.2) is 8.93 Å². The lowest BCUT2D eigenvalue weighted by Crippen LogP contribution is -2.30. The number of carbonyl (C=O) groups is 2. The Morgan fingerprint density at radius 2 is 1.49 bits per heavy atom. The summed E-state index contributed by atoms with van der Waals surface area (Å²) in [5, 5.41) is 3.83. The number of carbonyl (C=O) groups excluding carboxylic acids is 2. The van der Waals surface area contributed by atoms with Gasteiger partial charge < -0.3 is 19.0 Å². The summed E-state index contributed by atoms with van der Waals surface area (Å²) in [5.74, 6) is 1.04. The summed E-state index contributed by atoms with van der Waals surface area (Å²) in [6, 6.07) is 1.74. The van der Waals surface area contributed by atoms with Crippen molar-refractivity contribution in [2.75, 3.05) is 32.8 Å². The summed E-state index contributed by atoms with van der Waals surface area (Å²) < 4.78 is 25.8. The Labute approximate surface area is 278 Å². The molecule has 1 aromatic heterocycles. The molecule has 9 heteroatoms. The third-order valence-corrected chi connectivity index (χ3v) is 9.64. The second kappa shape index (κ2) is 31.0. The molecule has 0 fully saturated rings. The second-order valence-electron chi connectivity index (χ2n) is 12.7. The first-order valence-electron chi connectivity index (χ1n) is 18.4. The van der Waals surface area contributed by atoms with Gasteiger partial charge in [0.2, 0.25) is 0 Å². The number of unbranched alkanes of at least 4 members (excludes halogenated alkanes) is 13. The highest BCUT2D eigenvalue weighted by atomic mass is 32.2. The minimum absolute atomic E-state index is 0.0243. The van der Waals surface area contributed by atoms with Crippen molar-refractivity contribution in [2.24, 2.45) is 5.92 Å². The van der Waals surface area contributed by atoms with Gasteiger partial charge in [-0.1, -0.05) is 109 Å². The lowest BCUT2D eigenvalue weighted by molar-refractivity contribution is -0.144. The Balaban J connectivity index is 2.21. The standard InChI is InChI=1S/C36H67N3O5S/c1-3-5-14-21-34(22-15-6-4-2)24-31-43-36(41)23-16-10-9-12-18-28-39(27-17-11-7-8-13-19-30-40)29-20-26-37-45(42)33-35-25-32-44-38-35/h25,30,32,34,37H,3-24,26-29,31,33H2,1-2H3. The molecule has 45 heavy (non-hydrogen) atoms. The fourth-order valence-corrected chi connectivity index (χ4v) is 6.65. The number of ether oxygens (including phenoxy) is 1. The largest absolute Gasteiger partial charge is 0.466 e. The van der Waals surface area contributed by atoms with E-state index < -0.39 is 11.0 Å². The molecular weight excluding hydrogens is 586 g/mol. The van der Waals surface area contributed by atoms with Crippen LogP contribution in [0.15, 0.2) is 16.9 Å². The number of hydrogen-bond donors (Lipinski definition) is 1. The zero-order valence-corrected chi connectivity index (χ0v) is 29.8. The molecule has 0 amide bonds. The van der Waals surface area contributed by atoms with Crippen LogP contribution in [0, 0.1) is 5.92 Å². The van der Waals surface area contributed by atoms with Crippen LogP contribution in [0.1, 0.15) is 161 Å². The van der Waals surface area contributed by atoms with Crippen LogP contribution < -0.4 is 4.72 Å². The third kappa shape index (κ3) is 26.2. The molecule has 262 valence electrons. The van der Waals surface area contributed by atoms with E-state index in [1.807, 2.05) is 0 Å². The average Bonchev–Trinajstić information content (AvgIpc) is 3.54. The highest BCUT2D eigenvalue weighted by Crippen LogP contribution is 2.21. The van der Waals surface area contributed by atoms with E-state index in [2.05, 4.69) is 28.6 Å². The van der Waals surface area contributed by atoms with E-state index in [-0.39, 0.29) is 5.97 Å². The van der Waals surface area contributed by atoms with Crippen LogP contribution in [0.3, 0.4) is 0 Å². The first kappa shape index (κ1) is 41.4. The summed E-state index contributed by atoms with van der Waals surface area (Å²) in [5.41, 5.74) is 0.701. The van der Waals surface area contributed by atoms with Gasteiger partial charge in [0.25, 0.3) is 0 Å². The number of aromatic nitrogens is 1. The van der Waals surface area contributed by atoms with E-state index in [1.54, 1.807) is 6.07 Å². The van der Waals surface area contributed by atoms with Crippen molar-refractivity contribution in [3.8, 4) is 0 Å². The molecule has 8 nitrogen and oxygen atoms in total. The molecule has 0 radical (unpaired) electrons. The first-order chi connectivity index (χ1) is 22.1. The number of esters is 1. The lowest BCUT2D eigenvalue weighted by Gasteiger charge is -2.22. The van der Waals surface area contributed by atoms with Gasteiger partial charge in [-0.3, -0.25) is 4.79 Å². The maximum atomic E-state index is 12.3. The minimum atomic E-state index is -1.15. The zero-order valence-electron chi connectivity index (χ0n) is 29.0. The van der Waals surface area contributed by atoms with E-state index in [9.17, 15) is 13.8 Å². The molecule has 1 unspecified atom stereocenters. The lowest BCUT2D eigenvalue weighted by atomic mass is 9.92. The molecule has 0 aliphatic carbocycles. The topological polar surface area (TPSA) is 102 Å². The van der Waals surface area contributed by atoms with Gasteiger partial charge in [0.05, 0.1) is 29.0 Å². The highest BCUT2D eigenvalue weighted by Gasteiger charge is 2.11. The molecule has 0 aliphatic heterocycles. The van der Waals surface area contributed by atoms with Crippen molar-refractivity contribution in [3.63, 3.8) is 0 Å². The number of hydrogen-bond acceptors (Lipinski definition) is 7. The molecule has 1 rings (SSSR count). The fraction of sp³-hybridized carbons (Fsp3) is 0.861. The summed E-state index contributed by atoms with van der Waals surface area (Å²) in [7, 11) is -1.15. The normalized spacial score (nSPS) is 12.3. The summed E-state index contributed by atoms with van der Waals surface area (Å²) >= 11 is 0. The number of nitrogens with one attached hydrogen (secondary N) is 1. The number of nitrogens with zero attached hydrogens (tertiary/aromatic N) is 2. The molecule has 1 atom stereocenters. The summed E-state index contributed by atoms with van der Waals surface area (Å²) in [6.45, 7) is 8.95. The Hall–Kier alpha value is -1.58. The van der Waals surface area contributed by atoms with Crippen molar-refractivity contribution in [1.29, 1.82) is 0 Å². The number of aldehydes is 1. The molecule has 1 N–H and O–H groups in total. The molecule has 0 aromatic carbocycles. The van der Waals surface area contributed by atoms with E-state index in [1.165, 1.54) is 83.3 Å². The van der Waals surface area contributed by atoms with Crippen LogP contribution in [0.5, 0.6) is 0 Å². The molecule has 1 aromatic rings. The molecule has 0 aliphatic rings. The van der Waals surface area contributed by atoms with Gasteiger partial charge in [-0.2, -0.15) is 0 Å². The van der Waals surface area contributed by atoms with Crippen LogP contribution >= 0.6 is 0 Å². The molecule has 0 bridgehead atoms. The Morgan fingerprint density at radius 3 is 2.11 bits per heavy atom. The van der Waals surface area contributed by atoms with Crippen LogP contribution in [0.4, 0.5) is 0 Å². The fourth-order valence-electron chi connectivity index (χ4n) is 5.76. The maximum absolute atomic E-state index is 12.3. The van der Waals surface area contributed by atoms with Crippen LogP contribution in [0.25, 0.3) is 0 Å². The quantitative estimate of drug-likeness (QED) is 0.0451. The van der Waals surface area contributed by atoms with Crippen molar-refractivity contribution in [3.05, 3.63) is 18.0 Å². The van der Waals surface area contributed by atoms with Crippen molar-refractivity contribution in [2.45, 2.75) is 161 Å². The third-order valence-electron chi connectivity index (χ3n) is 8.56. The predicted molar refractivity (Wildman–Crippen MR) is 186 cm³/mol. The summed E-state index contributed by atoms with van der Waals surface area (Å²) in [6.07, 6.45) is 27.1.